The predicted molar refractivity (Wildman–Crippen MR) is 53.6 cm³/mol. The number of nitrogens with two attached hydrogens (primary N) is 1. The van der Waals surface area contributed by atoms with Gasteiger partial charge in [0.2, 0.25) is 0 Å². The Labute approximate surface area is 85.0 Å². The first-order valence-corrected chi connectivity index (χ1v) is 5.59. The van der Waals surface area contributed by atoms with E-state index in [1.54, 1.807) is 0 Å². The van der Waals surface area contributed by atoms with Crippen molar-refractivity contribution in [3.8, 4) is 0 Å². The van der Waals surface area contributed by atoms with E-state index >= 15 is 0 Å². The van der Waals surface area contributed by atoms with Gasteiger partial charge in [0.05, 0.1) is 12.5 Å². The van der Waals surface area contributed by atoms with Gasteiger partial charge in [-0.2, -0.15) is 0 Å². The number of hydrogen-bond donors (Lipinski definition) is 1. The van der Waals surface area contributed by atoms with Gasteiger partial charge in [0.15, 0.2) is 0 Å². The quantitative estimate of drug-likeness (QED) is 0.682. The fourth-order valence-corrected chi connectivity index (χ4v) is 2.53. The van der Waals surface area contributed by atoms with E-state index in [0.717, 1.165) is 12.8 Å². The zero-order valence-corrected chi connectivity index (χ0v) is 8.79. The van der Waals surface area contributed by atoms with Crippen LogP contribution in [0.4, 0.5) is 0 Å². The highest BCUT2D eigenvalue weighted by molar-refractivity contribution is 5.73. The Bertz CT molecular complexity index is 235. The molecule has 0 aromatic carbocycles. The average Bonchev–Trinajstić information content (AvgIpc) is 2.91. The van der Waals surface area contributed by atoms with E-state index in [0.29, 0.717) is 12.0 Å². The van der Waals surface area contributed by atoms with E-state index in [9.17, 15) is 4.79 Å². The second kappa shape index (κ2) is 3.54. The smallest absolute Gasteiger partial charge is 0.310 e. The molecule has 80 valence electrons. The molecule has 2 fully saturated rings. The summed E-state index contributed by atoms with van der Waals surface area (Å²) in [6.45, 7) is 2.31. The molecule has 0 aromatic rings. The van der Waals surface area contributed by atoms with Crippen molar-refractivity contribution >= 4 is 5.97 Å². The third-order valence-electron chi connectivity index (χ3n) is 3.72. The second-order valence-corrected chi connectivity index (χ2v) is 4.77. The lowest BCUT2D eigenvalue weighted by Gasteiger charge is -2.32. The molecule has 2 unspecified atom stereocenters. The molecule has 0 amide bonds. The van der Waals surface area contributed by atoms with Gasteiger partial charge in [0, 0.05) is 6.04 Å². The first kappa shape index (κ1) is 9.97. The molecule has 0 heterocycles. The van der Waals surface area contributed by atoms with Crippen molar-refractivity contribution in [2.75, 3.05) is 6.61 Å². The lowest BCUT2D eigenvalue weighted by atomic mass is 9.76. The molecule has 14 heavy (non-hydrogen) atoms. The van der Waals surface area contributed by atoms with Gasteiger partial charge in [-0.1, -0.05) is 0 Å². The Morgan fingerprint density at radius 3 is 2.79 bits per heavy atom. The molecule has 0 radical (unpaired) electrons. The van der Waals surface area contributed by atoms with E-state index < -0.39 is 0 Å². The molecule has 0 aromatic heterocycles. The molecule has 2 atom stereocenters. The Balaban J connectivity index is 1.97. The van der Waals surface area contributed by atoms with Gasteiger partial charge in [-0.05, 0) is 44.4 Å². The number of rotatable bonds is 2. The maximum atomic E-state index is 11.6. The van der Waals surface area contributed by atoms with Crippen molar-refractivity contribution in [3.05, 3.63) is 0 Å². The molecule has 2 aliphatic carbocycles. The third-order valence-corrected chi connectivity index (χ3v) is 3.72. The lowest BCUT2D eigenvalue weighted by molar-refractivity contribution is -0.150. The Morgan fingerprint density at radius 1 is 1.50 bits per heavy atom. The molecule has 2 aliphatic rings. The van der Waals surface area contributed by atoms with Crippen molar-refractivity contribution in [1.29, 1.82) is 0 Å². The third kappa shape index (κ3) is 1.78. The first-order chi connectivity index (χ1) is 6.67. The highest BCUT2D eigenvalue weighted by atomic mass is 16.5. The first-order valence-electron chi connectivity index (χ1n) is 5.59. The summed E-state index contributed by atoms with van der Waals surface area (Å²) >= 11 is 0. The van der Waals surface area contributed by atoms with Crippen LogP contribution in [0.5, 0.6) is 0 Å². The van der Waals surface area contributed by atoms with E-state index in [-0.39, 0.29) is 17.9 Å². The van der Waals surface area contributed by atoms with Crippen LogP contribution in [0, 0.1) is 11.3 Å². The zero-order valence-electron chi connectivity index (χ0n) is 8.79. The van der Waals surface area contributed by atoms with E-state index in [2.05, 4.69) is 0 Å². The standard InChI is InChI=1S/C11H19NO2/c1-2-14-10(13)8-7-11(5-6-11)4-3-9(8)12/h8-9H,2-7,12H2,1H3. The van der Waals surface area contributed by atoms with Gasteiger partial charge in [0.25, 0.3) is 0 Å². The lowest BCUT2D eigenvalue weighted by Crippen LogP contribution is -2.42. The SMILES string of the molecule is CCOC(=O)C1CC2(CCC1N)CC2. The number of ether oxygens (including phenoxy) is 1. The summed E-state index contributed by atoms with van der Waals surface area (Å²) in [5.41, 5.74) is 6.44. The van der Waals surface area contributed by atoms with E-state index in [1.807, 2.05) is 6.92 Å². The number of esters is 1. The second-order valence-electron chi connectivity index (χ2n) is 4.77. The van der Waals surface area contributed by atoms with Crippen molar-refractivity contribution in [3.63, 3.8) is 0 Å². The largest absolute Gasteiger partial charge is 0.466 e. The molecule has 0 saturated heterocycles. The fraction of sp³-hybridized carbons (Fsp3) is 0.909. The maximum absolute atomic E-state index is 11.6. The number of carbonyl (C=O) groups excluding carboxylic acids is 1. The van der Waals surface area contributed by atoms with Crippen molar-refractivity contribution in [2.45, 2.75) is 45.1 Å². The van der Waals surface area contributed by atoms with Gasteiger partial charge in [0.1, 0.15) is 0 Å². The Morgan fingerprint density at radius 2 is 2.21 bits per heavy atom. The molecule has 1 spiro atoms. The van der Waals surface area contributed by atoms with Crippen LogP contribution < -0.4 is 5.73 Å². The van der Waals surface area contributed by atoms with Crippen LogP contribution in [0.25, 0.3) is 0 Å². The molecular weight excluding hydrogens is 178 g/mol. The van der Waals surface area contributed by atoms with Crippen LogP contribution in [-0.4, -0.2) is 18.6 Å². The topological polar surface area (TPSA) is 52.3 Å². The van der Waals surface area contributed by atoms with Crippen LogP contribution in [0.15, 0.2) is 0 Å². The molecule has 0 bridgehead atoms. The van der Waals surface area contributed by atoms with Crippen molar-refractivity contribution in [1.82, 2.24) is 0 Å². The molecule has 2 saturated carbocycles. The molecule has 3 nitrogen and oxygen atoms in total. The maximum Gasteiger partial charge on any atom is 0.310 e. The minimum Gasteiger partial charge on any atom is -0.466 e. The summed E-state index contributed by atoms with van der Waals surface area (Å²) in [5, 5.41) is 0. The molecule has 3 heteroatoms. The van der Waals surface area contributed by atoms with Crippen LogP contribution in [0.2, 0.25) is 0 Å². The predicted octanol–water partition coefficient (Wildman–Crippen LogP) is 1.46. The summed E-state index contributed by atoms with van der Waals surface area (Å²) < 4.78 is 5.05. The summed E-state index contributed by atoms with van der Waals surface area (Å²) in [4.78, 5) is 11.6. The fourth-order valence-electron chi connectivity index (χ4n) is 2.53. The summed E-state index contributed by atoms with van der Waals surface area (Å²) in [7, 11) is 0. The van der Waals surface area contributed by atoms with Crippen LogP contribution >= 0.6 is 0 Å². The van der Waals surface area contributed by atoms with E-state index in [1.165, 1.54) is 19.3 Å². The van der Waals surface area contributed by atoms with Gasteiger partial charge in [-0.15, -0.1) is 0 Å². The summed E-state index contributed by atoms with van der Waals surface area (Å²) in [5.74, 6) is -0.114. The monoisotopic (exact) mass is 197 g/mol. The molecule has 0 aliphatic heterocycles. The van der Waals surface area contributed by atoms with Gasteiger partial charge < -0.3 is 10.5 Å². The number of carbonyl (C=O) groups is 1. The van der Waals surface area contributed by atoms with Crippen LogP contribution in [-0.2, 0) is 9.53 Å². The minimum atomic E-state index is -0.0778. The van der Waals surface area contributed by atoms with Crippen LogP contribution in [0.3, 0.4) is 0 Å². The Kier molecular flexibility index (Phi) is 2.52. The van der Waals surface area contributed by atoms with Crippen LogP contribution in [0.1, 0.15) is 39.0 Å². The highest BCUT2D eigenvalue weighted by Gasteiger charge is 2.50. The summed E-state index contributed by atoms with van der Waals surface area (Å²) in [6.07, 6.45) is 5.74. The molecule has 2 rings (SSSR count). The minimum absolute atomic E-state index is 0.0280. The van der Waals surface area contributed by atoms with Gasteiger partial charge in [-0.3, -0.25) is 4.79 Å². The normalized spacial score (nSPS) is 34.1. The summed E-state index contributed by atoms with van der Waals surface area (Å²) in [6, 6.07) is 0.0280. The number of hydrogen-bond acceptors (Lipinski definition) is 3. The zero-order chi connectivity index (χ0) is 10.2. The molecule has 2 N–H and O–H groups in total. The van der Waals surface area contributed by atoms with Crippen molar-refractivity contribution < 1.29 is 9.53 Å². The Hall–Kier alpha value is -0.570. The average molecular weight is 197 g/mol. The van der Waals surface area contributed by atoms with Crippen molar-refractivity contribution in [2.24, 2.45) is 17.1 Å². The van der Waals surface area contributed by atoms with Gasteiger partial charge >= 0.3 is 5.97 Å². The highest BCUT2D eigenvalue weighted by Crippen LogP contribution is 2.57. The van der Waals surface area contributed by atoms with E-state index in [4.69, 9.17) is 10.5 Å². The van der Waals surface area contributed by atoms with Gasteiger partial charge in [-0.25, -0.2) is 0 Å². The molecular formula is C11H19NO2.